The van der Waals surface area contributed by atoms with Gasteiger partial charge in [0.1, 0.15) is 0 Å². The lowest BCUT2D eigenvalue weighted by Crippen LogP contribution is -2.30. The molecular formula is C37H43N3O4. The molecule has 0 saturated carbocycles. The van der Waals surface area contributed by atoms with Crippen LogP contribution < -0.4 is 10.2 Å². The number of fused-ring (bicyclic) bond motifs is 1. The number of carbonyl (C=O) groups is 3. The van der Waals surface area contributed by atoms with Crippen molar-refractivity contribution in [2.45, 2.75) is 51.4 Å². The predicted octanol–water partition coefficient (Wildman–Crippen LogP) is 6.83. The Morgan fingerprint density at radius 1 is 0.932 bits per heavy atom. The van der Waals surface area contributed by atoms with Gasteiger partial charge in [0.25, 0.3) is 5.91 Å². The molecule has 7 heteroatoms. The third-order valence-corrected chi connectivity index (χ3v) is 9.04. The number of amides is 2. The Balaban J connectivity index is 1.21. The molecule has 1 fully saturated rings. The minimum Gasteiger partial charge on any atom is -0.465 e. The van der Waals surface area contributed by atoms with E-state index in [-0.39, 0.29) is 11.8 Å². The Labute approximate surface area is 260 Å². The fraction of sp³-hybridized carbons (Fsp3) is 0.378. The molecule has 3 aromatic rings. The first-order valence-electron chi connectivity index (χ1n) is 15.7. The van der Waals surface area contributed by atoms with Crippen LogP contribution >= 0.6 is 0 Å². The van der Waals surface area contributed by atoms with Crippen LogP contribution in [0.3, 0.4) is 0 Å². The van der Waals surface area contributed by atoms with Crippen molar-refractivity contribution >= 4 is 40.3 Å². The van der Waals surface area contributed by atoms with Crippen LogP contribution in [0.2, 0.25) is 0 Å². The summed E-state index contributed by atoms with van der Waals surface area (Å²) in [4.78, 5) is 42.3. The highest BCUT2D eigenvalue weighted by Crippen LogP contribution is 2.39. The van der Waals surface area contributed by atoms with Crippen molar-refractivity contribution in [2.24, 2.45) is 5.92 Å². The molecule has 0 unspecified atom stereocenters. The first kappa shape index (κ1) is 31.2. The van der Waals surface area contributed by atoms with E-state index in [1.165, 1.54) is 38.6 Å². The second kappa shape index (κ2) is 14.5. The van der Waals surface area contributed by atoms with E-state index in [4.69, 9.17) is 4.74 Å². The van der Waals surface area contributed by atoms with Crippen LogP contribution in [0.1, 0.15) is 72.0 Å². The number of esters is 1. The molecule has 7 nitrogen and oxygen atoms in total. The third kappa shape index (κ3) is 7.45. The number of piperidine rings is 1. The Kier molecular flexibility index (Phi) is 10.3. The molecule has 0 bridgehead atoms. The van der Waals surface area contributed by atoms with Gasteiger partial charge in [-0.1, -0.05) is 48.5 Å². The standard InChI is InChI=1S/C37H43N3O4/c1-39-23-21-27(22-24-39)10-8-14-34(41)40(2)30-18-15-26(16-19-30)9-7-13-31(28-11-5-4-6-12-28)35-32-20-17-29(37(43)44-3)25-33(32)38-36(35)42/h4-6,11-12,15-20,25,27H,7-10,13-14,21-24H2,1-3H3,(H,38,42)/b35-31+. The molecule has 3 aromatic carbocycles. The maximum absolute atomic E-state index is 13.2. The average molecular weight is 594 g/mol. The fourth-order valence-corrected chi connectivity index (χ4v) is 6.33. The summed E-state index contributed by atoms with van der Waals surface area (Å²) in [7, 11) is 5.39. The molecule has 0 aromatic heterocycles. The van der Waals surface area contributed by atoms with Gasteiger partial charge in [0.2, 0.25) is 5.91 Å². The van der Waals surface area contributed by atoms with Gasteiger partial charge in [-0.05, 0) is 112 Å². The molecule has 1 N–H and O–H groups in total. The first-order chi connectivity index (χ1) is 21.3. The molecular weight excluding hydrogens is 550 g/mol. The third-order valence-electron chi connectivity index (χ3n) is 9.04. The largest absolute Gasteiger partial charge is 0.465 e. The van der Waals surface area contributed by atoms with Crippen molar-refractivity contribution < 1.29 is 19.1 Å². The predicted molar refractivity (Wildman–Crippen MR) is 177 cm³/mol. The maximum atomic E-state index is 13.2. The Bertz CT molecular complexity index is 1510. The number of nitrogens with zero attached hydrogens (tertiary/aromatic N) is 2. The van der Waals surface area contributed by atoms with Crippen molar-refractivity contribution in [2.75, 3.05) is 44.5 Å². The van der Waals surface area contributed by atoms with Crippen molar-refractivity contribution in [3.05, 3.63) is 95.1 Å². The number of likely N-dealkylation sites (tertiary alicyclic amines) is 1. The summed E-state index contributed by atoms with van der Waals surface area (Å²) < 4.78 is 4.85. The minimum absolute atomic E-state index is 0.163. The normalized spacial score (nSPS) is 16.3. The molecule has 1 saturated heterocycles. The molecule has 2 aliphatic rings. The van der Waals surface area contributed by atoms with Crippen LogP contribution in [0, 0.1) is 5.92 Å². The maximum Gasteiger partial charge on any atom is 0.337 e. The van der Waals surface area contributed by atoms with Gasteiger partial charge in [-0.15, -0.1) is 0 Å². The van der Waals surface area contributed by atoms with Gasteiger partial charge in [0, 0.05) is 30.4 Å². The van der Waals surface area contributed by atoms with Crippen LogP contribution in [-0.2, 0) is 20.7 Å². The zero-order valence-electron chi connectivity index (χ0n) is 26.1. The minimum atomic E-state index is -0.438. The number of hydrogen-bond acceptors (Lipinski definition) is 5. The zero-order chi connectivity index (χ0) is 31.1. The molecule has 0 atom stereocenters. The summed E-state index contributed by atoms with van der Waals surface area (Å²) in [6.07, 6.45) is 7.55. The number of rotatable bonds is 11. The van der Waals surface area contributed by atoms with Gasteiger partial charge in [-0.25, -0.2) is 4.79 Å². The number of benzene rings is 3. The fourth-order valence-electron chi connectivity index (χ4n) is 6.33. The second-order valence-electron chi connectivity index (χ2n) is 12.0. The number of nitrogens with one attached hydrogen (secondary N) is 1. The average Bonchev–Trinajstić information content (AvgIpc) is 3.38. The van der Waals surface area contributed by atoms with Crippen molar-refractivity contribution in [3.8, 4) is 0 Å². The summed E-state index contributed by atoms with van der Waals surface area (Å²) in [5.41, 5.74) is 6.56. The smallest absolute Gasteiger partial charge is 0.337 e. The monoisotopic (exact) mass is 593 g/mol. The number of carbonyl (C=O) groups excluding carboxylic acids is 3. The summed E-state index contributed by atoms with van der Waals surface area (Å²) in [6.45, 7) is 2.33. The lowest BCUT2D eigenvalue weighted by Gasteiger charge is -2.29. The van der Waals surface area contributed by atoms with Crippen LogP contribution in [0.4, 0.5) is 11.4 Å². The number of allylic oxidation sites excluding steroid dienone is 1. The SMILES string of the molecule is COC(=O)c1ccc2c(c1)NC(=O)/C2=C(\CCCc1ccc(N(C)C(=O)CCCC2CCN(C)CC2)cc1)c1ccccc1. The van der Waals surface area contributed by atoms with E-state index in [1.54, 1.807) is 17.0 Å². The van der Waals surface area contributed by atoms with Crippen molar-refractivity contribution in [1.29, 1.82) is 0 Å². The quantitative estimate of drug-likeness (QED) is 0.195. The Morgan fingerprint density at radius 2 is 1.66 bits per heavy atom. The molecule has 2 amide bonds. The number of ether oxygens (including phenoxy) is 1. The van der Waals surface area contributed by atoms with Crippen molar-refractivity contribution in [1.82, 2.24) is 4.90 Å². The lowest BCUT2D eigenvalue weighted by atomic mass is 9.90. The molecule has 2 aliphatic heterocycles. The summed E-state index contributed by atoms with van der Waals surface area (Å²) in [6, 6.07) is 23.4. The molecule has 0 aliphatic carbocycles. The van der Waals surface area contributed by atoms with Gasteiger partial charge in [-0.2, -0.15) is 0 Å². The summed E-state index contributed by atoms with van der Waals surface area (Å²) >= 11 is 0. The van der Waals surface area contributed by atoms with Gasteiger partial charge in [0.15, 0.2) is 0 Å². The molecule has 0 spiro atoms. The van der Waals surface area contributed by atoms with Gasteiger partial charge in [0.05, 0.1) is 18.2 Å². The second-order valence-corrected chi connectivity index (χ2v) is 12.0. The van der Waals surface area contributed by atoms with E-state index in [0.29, 0.717) is 29.7 Å². The molecule has 2 heterocycles. The number of methoxy groups -OCH3 is 1. The number of anilines is 2. The van der Waals surface area contributed by atoms with Crippen LogP contribution in [0.15, 0.2) is 72.8 Å². The van der Waals surface area contributed by atoms with Crippen LogP contribution in [0.25, 0.3) is 11.1 Å². The van der Waals surface area contributed by atoms with Crippen LogP contribution in [0.5, 0.6) is 0 Å². The highest BCUT2D eigenvalue weighted by atomic mass is 16.5. The van der Waals surface area contributed by atoms with E-state index in [1.807, 2.05) is 55.6 Å². The lowest BCUT2D eigenvalue weighted by molar-refractivity contribution is -0.118. The number of aryl methyl sites for hydroxylation is 1. The summed E-state index contributed by atoms with van der Waals surface area (Å²) in [5.74, 6) is 0.314. The van der Waals surface area contributed by atoms with Gasteiger partial charge < -0.3 is 19.9 Å². The molecule has 44 heavy (non-hydrogen) atoms. The van der Waals surface area contributed by atoms with Crippen molar-refractivity contribution in [3.63, 3.8) is 0 Å². The summed E-state index contributed by atoms with van der Waals surface area (Å²) in [5, 5.41) is 2.94. The van der Waals surface area contributed by atoms with E-state index >= 15 is 0 Å². The van der Waals surface area contributed by atoms with Crippen LogP contribution in [-0.4, -0.2) is 57.0 Å². The zero-order valence-corrected chi connectivity index (χ0v) is 26.1. The molecule has 230 valence electrons. The van der Waals surface area contributed by atoms with E-state index in [9.17, 15) is 14.4 Å². The van der Waals surface area contributed by atoms with Gasteiger partial charge in [-0.3, -0.25) is 9.59 Å². The van der Waals surface area contributed by atoms with E-state index < -0.39 is 5.97 Å². The van der Waals surface area contributed by atoms with Gasteiger partial charge >= 0.3 is 5.97 Å². The Hall–Kier alpha value is -4.23. The topological polar surface area (TPSA) is 79.0 Å². The molecule has 0 radical (unpaired) electrons. The first-order valence-corrected chi connectivity index (χ1v) is 15.7. The van der Waals surface area contributed by atoms with E-state index in [2.05, 4.69) is 29.4 Å². The Morgan fingerprint density at radius 3 is 2.36 bits per heavy atom. The highest BCUT2D eigenvalue weighted by Gasteiger charge is 2.29. The number of hydrogen-bond donors (Lipinski definition) is 1. The highest BCUT2D eigenvalue weighted by molar-refractivity contribution is 6.37. The van der Waals surface area contributed by atoms with E-state index in [0.717, 1.165) is 54.0 Å². The molecule has 5 rings (SSSR count).